The van der Waals surface area contributed by atoms with Crippen molar-refractivity contribution >= 4 is 40.5 Å². The van der Waals surface area contributed by atoms with Gasteiger partial charge in [0.2, 0.25) is 5.95 Å². The van der Waals surface area contributed by atoms with Crippen LogP contribution >= 0.6 is 11.6 Å². The van der Waals surface area contributed by atoms with Crippen LogP contribution in [0.5, 0.6) is 0 Å². The molecule has 0 aliphatic heterocycles. The molecule has 6 nitrogen and oxygen atoms in total. The van der Waals surface area contributed by atoms with Crippen molar-refractivity contribution in [2.75, 3.05) is 10.2 Å². The number of pyridine rings is 1. The van der Waals surface area contributed by atoms with Crippen LogP contribution in [-0.4, -0.2) is 20.9 Å². The van der Waals surface area contributed by atoms with Gasteiger partial charge in [-0.25, -0.2) is 9.97 Å². The number of aromatic nitrogens is 3. The Morgan fingerprint density at radius 2 is 1.55 bits per heavy atom. The second-order valence-electron chi connectivity index (χ2n) is 6.10. The third kappa shape index (κ3) is 4.39. The van der Waals surface area contributed by atoms with Crippen molar-refractivity contribution in [3.8, 4) is 0 Å². The summed E-state index contributed by atoms with van der Waals surface area (Å²) in [5.41, 5.74) is 2.88. The largest absolute Gasteiger partial charge is 0.322 e. The number of amides is 1. The first-order valence-electron chi connectivity index (χ1n) is 8.85. The third-order valence-corrected chi connectivity index (χ3v) is 4.40. The summed E-state index contributed by atoms with van der Waals surface area (Å²) in [6.07, 6.45) is 6.83. The average Bonchev–Trinajstić information content (AvgIpc) is 2.77. The smallest absolute Gasteiger partial charge is 0.255 e. The summed E-state index contributed by atoms with van der Waals surface area (Å²) in [5, 5.41) is 3.47. The Hall–Kier alpha value is -3.77. The van der Waals surface area contributed by atoms with E-state index >= 15 is 0 Å². The Morgan fingerprint density at radius 1 is 0.828 bits per heavy atom. The molecule has 0 atom stereocenters. The van der Waals surface area contributed by atoms with Crippen LogP contribution in [0.25, 0.3) is 0 Å². The van der Waals surface area contributed by atoms with E-state index in [-0.39, 0.29) is 5.91 Å². The van der Waals surface area contributed by atoms with Gasteiger partial charge in [-0.05, 0) is 66.7 Å². The Morgan fingerprint density at radius 3 is 2.21 bits per heavy atom. The van der Waals surface area contributed by atoms with Crippen molar-refractivity contribution < 1.29 is 4.79 Å². The molecule has 0 unspecified atom stereocenters. The number of carbonyl (C=O) groups excluding carboxylic acids is 1. The molecule has 0 aliphatic rings. The van der Waals surface area contributed by atoms with E-state index in [2.05, 4.69) is 20.3 Å². The second-order valence-corrected chi connectivity index (χ2v) is 6.54. The summed E-state index contributed by atoms with van der Waals surface area (Å²) in [6, 6.07) is 19.7. The van der Waals surface area contributed by atoms with E-state index in [1.54, 1.807) is 55.1 Å². The summed E-state index contributed by atoms with van der Waals surface area (Å²) in [5.74, 6) is 0.323. The molecule has 0 radical (unpaired) electrons. The van der Waals surface area contributed by atoms with Crippen molar-refractivity contribution in [2.24, 2.45) is 0 Å². The lowest BCUT2D eigenvalue weighted by Crippen LogP contribution is -2.14. The lowest BCUT2D eigenvalue weighted by molar-refractivity contribution is 0.102. The quantitative estimate of drug-likeness (QED) is 0.494. The monoisotopic (exact) mass is 401 g/mol. The average molecular weight is 402 g/mol. The molecule has 29 heavy (non-hydrogen) atoms. The zero-order chi connectivity index (χ0) is 20.1. The molecule has 7 heteroatoms. The van der Waals surface area contributed by atoms with Crippen LogP contribution in [-0.2, 0) is 0 Å². The fourth-order valence-corrected chi connectivity index (χ4v) is 2.90. The predicted molar refractivity (Wildman–Crippen MR) is 114 cm³/mol. The number of hydrogen-bond acceptors (Lipinski definition) is 5. The minimum absolute atomic E-state index is 0.204. The van der Waals surface area contributed by atoms with Crippen molar-refractivity contribution in [1.29, 1.82) is 0 Å². The normalized spacial score (nSPS) is 10.4. The van der Waals surface area contributed by atoms with Crippen LogP contribution in [0.1, 0.15) is 10.4 Å². The molecule has 4 aromatic rings. The molecule has 0 saturated carbocycles. The highest BCUT2D eigenvalue weighted by Gasteiger charge is 2.15. The lowest BCUT2D eigenvalue weighted by atomic mass is 10.2. The first-order chi connectivity index (χ1) is 14.2. The maximum Gasteiger partial charge on any atom is 0.255 e. The van der Waals surface area contributed by atoms with Crippen molar-refractivity contribution in [3.05, 3.63) is 102 Å². The number of anilines is 4. The fraction of sp³-hybridized carbons (Fsp3) is 0. The third-order valence-electron chi connectivity index (χ3n) is 4.15. The molecule has 1 N–H and O–H groups in total. The molecule has 2 heterocycles. The minimum atomic E-state index is -0.204. The Labute approximate surface area is 172 Å². The standard InChI is InChI=1S/C22H16ClN5O/c23-17-6-4-16(5-7-17)21(29)27-18-8-10-19(11-9-18)28(20-3-1-12-24-15-20)22-25-13-2-14-26-22/h1-15H,(H,27,29). The highest BCUT2D eigenvalue weighted by molar-refractivity contribution is 6.30. The van der Waals surface area contributed by atoms with Gasteiger partial charge < -0.3 is 5.32 Å². The Kier molecular flexibility index (Phi) is 5.45. The molecule has 0 saturated heterocycles. The van der Waals surface area contributed by atoms with Gasteiger partial charge in [0.15, 0.2) is 0 Å². The summed E-state index contributed by atoms with van der Waals surface area (Å²) in [7, 11) is 0. The maximum atomic E-state index is 12.4. The van der Waals surface area contributed by atoms with Crippen LogP contribution in [0.15, 0.2) is 91.5 Å². The molecule has 0 aliphatic carbocycles. The fourth-order valence-electron chi connectivity index (χ4n) is 2.77. The number of benzene rings is 2. The van der Waals surface area contributed by atoms with E-state index in [1.165, 1.54) is 0 Å². The van der Waals surface area contributed by atoms with E-state index in [1.807, 2.05) is 41.3 Å². The summed E-state index contributed by atoms with van der Waals surface area (Å²) >= 11 is 5.87. The molecule has 2 aromatic carbocycles. The first kappa shape index (κ1) is 18.6. The van der Waals surface area contributed by atoms with Gasteiger partial charge in [0, 0.05) is 40.6 Å². The summed E-state index contributed by atoms with van der Waals surface area (Å²) in [6.45, 7) is 0. The van der Waals surface area contributed by atoms with Gasteiger partial charge in [0.05, 0.1) is 11.9 Å². The molecular weight excluding hydrogens is 386 g/mol. The minimum Gasteiger partial charge on any atom is -0.322 e. The number of nitrogens with zero attached hydrogens (tertiary/aromatic N) is 4. The van der Waals surface area contributed by atoms with Gasteiger partial charge in [0.25, 0.3) is 5.91 Å². The number of carbonyl (C=O) groups is 1. The predicted octanol–water partition coefficient (Wildman–Crippen LogP) is 5.25. The number of rotatable bonds is 5. The van der Waals surface area contributed by atoms with Gasteiger partial charge in [-0.1, -0.05) is 11.6 Å². The van der Waals surface area contributed by atoms with Crippen LogP contribution in [0, 0.1) is 0 Å². The maximum absolute atomic E-state index is 12.4. The SMILES string of the molecule is O=C(Nc1ccc(N(c2cccnc2)c2ncccn2)cc1)c1ccc(Cl)cc1. The number of nitrogens with one attached hydrogen (secondary N) is 1. The van der Waals surface area contributed by atoms with Gasteiger partial charge in [-0.3, -0.25) is 14.7 Å². The van der Waals surface area contributed by atoms with Crippen molar-refractivity contribution in [3.63, 3.8) is 0 Å². The van der Waals surface area contributed by atoms with Crippen LogP contribution in [0.3, 0.4) is 0 Å². The van der Waals surface area contributed by atoms with E-state index < -0.39 is 0 Å². The zero-order valence-corrected chi connectivity index (χ0v) is 16.0. The summed E-state index contributed by atoms with van der Waals surface area (Å²) < 4.78 is 0. The molecule has 142 valence electrons. The van der Waals surface area contributed by atoms with Gasteiger partial charge in [0.1, 0.15) is 0 Å². The van der Waals surface area contributed by atoms with Gasteiger partial charge in [-0.15, -0.1) is 0 Å². The lowest BCUT2D eigenvalue weighted by Gasteiger charge is -2.22. The van der Waals surface area contributed by atoms with Crippen LogP contribution < -0.4 is 10.2 Å². The first-order valence-corrected chi connectivity index (χ1v) is 9.23. The van der Waals surface area contributed by atoms with Crippen molar-refractivity contribution in [2.45, 2.75) is 0 Å². The Balaban J connectivity index is 1.59. The highest BCUT2D eigenvalue weighted by atomic mass is 35.5. The van der Waals surface area contributed by atoms with Crippen LogP contribution in [0.2, 0.25) is 5.02 Å². The van der Waals surface area contributed by atoms with Crippen molar-refractivity contribution in [1.82, 2.24) is 15.0 Å². The zero-order valence-electron chi connectivity index (χ0n) is 15.2. The van der Waals surface area contributed by atoms with Gasteiger partial charge >= 0.3 is 0 Å². The molecule has 1 amide bonds. The number of halogens is 1. The van der Waals surface area contributed by atoms with E-state index in [4.69, 9.17) is 11.6 Å². The van der Waals surface area contributed by atoms with Crippen LogP contribution in [0.4, 0.5) is 23.0 Å². The highest BCUT2D eigenvalue weighted by Crippen LogP contribution is 2.31. The topological polar surface area (TPSA) is 71.0 Å². The molecular formula is C22H16ClN5O. The van der Waals surface area contributed by atoms with Gasteiger partial charge in [-0.2, -0.15) is 0 Å². The molecule has 4 rings (SSSR count). The van der Waals surface area contributed by atoms with E-state index in [0.29, 0.717) is 22.2 Å². The molecule has 2 aromatic heterocycles. The number of hydrogen-bond donors (Lipinski definition) is 1. The van der Waals surface area contributed by atoms with E-state index in [0.717, 1.165) is 11.4 Å². The Bertz CT molecular complexity index is 1050. The second kappa shape index (κ2) is 8.50. The molecule has 0 fully saturated rings. The van der Waals surface area contributed by atoms with E-state index in [9.17, 15) is 4.79 Å². The molecule has 0 spiro atoms. The summed E-state index contributed by atoms with van der Waals surface area (Å²) in [4.78, 5) is 27.2. The molecule has 0 bridgehead atoms.